The number of carbonyl (C=O) groups excluding carboxylic acids is 1. The van der Waals surface area contributed by atoms with Crippen LogP contribution in [0.25, 0.3) is 11.3 Å². The fourth-order valence-corrected chi connectivity index (χ4v) is 4.47. The lowest BCUT2D eigenvalue weighted by molar-refractivity contribution is 0.0789. The molecule has 1 saturated heterocycles. The Kier molecular flexibility index (Phi) is 6.31. The fourth-order valence-electron chi connectivity index (χ4n) is 3.64. The molecule has 1 N–H and O–H groups in total. The van der Waals surface area contributed by atoms with Crippen LogP contribution >= 0.6 is 0 Å². The SMILES string of the molecule is COC(=O)N1CCC[C@H](NS(C)(=O)=O)[C@@H]1Cc1cccc(-c2ccccc2)n1. The number of aromatic nitrogens is 1. The summed E-state index contributed by atoms with van der Waals surface area (Å²) in [5.74, 6) is 0. The van der Waals surface area contributed by atoms with Crippen LogP contribution in [0.1, 0.15) is 18.5 Å². The summed E-state index contributed by atoms with van der Waals surface area (Å²) < 4.78 is 31.2. The molecule has 1 amide bonds. The van der Waals surface area contributed by atoms with Gasteiger partial charge in [0.2, 0.25) is 10.0 Å². The fraction of sp³-hybridized carbons (Fsp3) is 0.400. The van der Waals surface area contributed by atoms with Gasteiger partial charge in [0.05, 0.1) is 25.1 Å². The Balaban J connectivity index is 1.89. The van der Waals surface area contributed by atoms with Crippen LogP contribution in [0, 0.1) is 0 Å². The van der Waals surface area contributed by atoms with E-state index in [1.54, 1.807) is 4.90 Å². The van der Waals surface area contributed by atoms with E-state index in [0.29, 0.717) is 25.8 Å². The number of ether oxygens (including phenoxy) is 1. The molecule has 28 heavy (non-hydrogen) atoms. The van der Waals surface area contributed by atoms with Crippen molar-refractivity contribution < 1.29 is 17.9 Å². The second kappa shape index (κ2) is 8.70. The normalized spacial score (nSPS) is 20.0. The lowest BCUT2D eigenvalue weighted by atomic mass is 9.93. The summed E-state index contributed by atoms with van der Waals surface area (Å²) in [7, 11) is -2.07. The number of hydrogen-bond donors (Lipinski definition) is 1. The molecule has 0 unspecified atom stereocenters. The molecule has 2 aromatic rings. The van der Waals surface area contributed by atoms with Crippen molar-refractivity contribution in [1.82, 2.24) is 14.6 Å². The van der Waals surface area contributed by atoms with Gasteiger partial charge in [-0.15, -0.1) is 0 Å². The monoisotopic (exact) mass is 403 g/mol. The summed E-state index contributed by atoms with van der Waals surface area (Å²) in [5.41, 5.74) is 2.64. The van der Waals surface area contributed by atoms with Crippen LogP contribution in [0.4, 0.5) is 4.79 Å². The van der Waals surface area contributed by atoms with Crippen molar-refractivity contribution in [2.75, 3.05) is 19.9 Å². The molecule has 0 aliphatic carbocycles. The maximum Gasteiger partial charge on any atom is 0.409 e. The molecule has 1 aromatic carbocycles. The van der Waals surface area contributed by atoms with Gasteiger partial charge >= 0.3 is 6.09 Å². The zero-order chi connectivity index (χ0) is 20.1. The predicted octanol–water partition coefficient (Wildman–Crippen LogP) is 2.44. The van der Waals surface area contributed by atoms with E-state index in [2.05, 4.69) is 4.72 Å². The van der Waals surface area contributed by atoms with Crippen LogP contribution in [0.3, 0.4) is 0 Å². The molecule has 7 nitrogen and oxygen atoms in total. The number of methoxy groups -OCH3 is 1. The molecule has 1 fully saturated rings. The Bertz CT molecular complexity index is 918. The first kappa shape index (κ1) is 20.3. The minimum absolute atomic E-state index is 0.366. The summed E-state index contributed by atoms with van der Waals surface area (Å²) in [5, 5.41) is 0. The molecule has 3 rings (SSSR count). The molecular formula is C20H25N3O4S. The van der Waals surface area contributed by atoms with Crippen LogP contribution in [0.2, 0.25) is 0 Å². The predicted molar refractivity (Wildman–Crippen MR) is 107 cm³/mol. The van der Waals surface area contributed by atoms with Crippen LogP contribution in [-0.2, 0) is 21.2 Å². The molecule has 0 radical (unpaired) electrons. The third kappa shape index (κ3) is 5.08. The van der Waals surface area contributed by atoms with E-state index in [9.17, 15) is 13.2 Å². The Morgan fingerprint density at radius 2 is 1.96 bits per heavy atom. The highest BCUT2D eigenvalue weighted by Crippen LogP contribution is 2.24. The number of nitrogens with zero attached hydrogens (tertiary/aromatic N) is 2. The van der Waals surface area contributed by atoms with E-state index in [4.69, 9.17) is 9.72 Å². The van der Waals surface area contributed by atoms with Crippen LogP contribution in [-0.4, -0.2) is 56.4 Å². The molecule has 150 valence electrons. The number of amides is 1. The third-order valence-electron chi connectivity index (χ3n) is 4.85. The average molecular weight is 404 g/mol. The number of nitrogens with one attached hydrogen (secondary N) is 1. The number of sulfonamides is 1. The maximum absolute atomic E-state index is 12.3. The average Bonchev–Trinajstić information content (AvgIpc) is 2.68. The second-order valence-corrected chi connectivity index (χ2v) is 8.73. The first-order chi connectivity index (χ1) is 13.4. The molecule has 1 aliphatic heterocycles. The first-order valence-corrected chi connectivity index (χ1v) is 11.1. The molecule has 8 heteroatoms. The van der Waals surface area contributed by atoms with Crippen molar-refractivity contribution in [3.05, 3.63) is 54.2 Å². The van der Waals surface area contributed by atoms with Gasteiger partial charge in [0.1, 0.15) is 0 Å². The van der Waals surface area contributed by atoms with Gasteiger partial charge < -0.3 is 9.64 Å². The minimum atomic E-state index is -3.41. The Hall–Kier alpha value is -2.45. The smallest absolute Gasteiger partial charge is 0.409 e. The van der Waals surface area contributed by atoms with Crippen molar-refractivity contribution >= 4 is 16.1 Å². The van der Waals surface area contributed by atoms with Crippen molar-refractivity contribution in [3.8, 4) is 11.3 Å². The first-order valence-electron chi connectivity index (χ1n) is 9.20. The lowest BCUT2D eigenvalue weighted by Crippen LogP contribution is -2.57. The van der Waals surface area contributed by atoms with E-state index in [1.807, 2.05) is 48.5 Å². The Morgan fingerprint density at radius 3 is 2.64 bits per heavy atom. The quantitative estimate of drug-likeness (QED) is 0.828. The molecule has 1 aliphatic rings. The van der Waals surface area contributed by atoms with Gasteiger partial charge in [0.25, 0.3) is 0 Å². The largest absolute Gasteiger partial charge is 0.453 e. The zero-order valence-electron chi connectivity index (χ0n) is 16.0. The van der Waals surface area contributed by atoms with Crippen molar-refractivity contribution in [2.45, 2.75) is 31.3 Å². The highest BCUT2D eigenvalue weighted by atomic mass is 32.2. The second-order valence-electron chi connectivity index (χ2n) is 6.95. The maximum atomic E-state index is 12.3. The van der Waals surface area contributed by atoms with Crippen LogP contribution < -0.4 is 4.72 Å². The molecule has 1 aromatic heterocycles. The van der Waals surface area contributed by atoms with E-state index in [1.165, 1.54) is 7.11 Å². The molecular weight excluding hydrogens is 378 g/mol. The summed E-state index contributed by atoms with van der Waals surface area (Å²) in [6, 6.07) is 14.8. The number of rotatable bonds is 5. The van der Waals surface area contributed by atoms with Gasteiger partial charge in [-0.05, 0) is 25.0 Å². The summed E-state index contributed by atoms with van der Waals surface area (Å²) in [6.07, 6.45) is 2.47. The van der Waals surface area contributed by atoms with Crippen LogP contribution in [0.5, 0.6) is 0 Å². The summed E-state index contributed by atoms with van der Waals surface area (Å²) in [6.45, 7) is 0.525. The zero-order valence-corrected chi connectivity index (χ0v) is 16.9. The molecule has 2 heterocycles. The Morgan fingerprint density at radius 1 is 1.21 bits per heavy atom. The van der Waals surface area contributed by atoms with Gasteiger partial charge in [0.15, 0.2) is 0 Å². The number of piperidine rings is 1. The topological polar surface area (TPSA) is 88.6 Å². The van der Waals surface area contributed by atoms with E-state index in [0.717, 1.165) is 23.2 Å². The summed E-state index contributed by atoms with van der Waals surface area (Å²) in [4.78, 5) is 18.6. The minimum Gasteiger partial charge on any atom is -0.453 e. The van der Waals surface area contributed by atoms with E-state index in [-0.39, 0.29) is 12.1 Å². The standard InChI is InChI=1S/C20H25N3O4S/c1-27-20(24)23-13-7-12-18(22-28(2,25)26)19(23)14-16-10-6-11-17(21-16)15-8-4-3-5-9-15/h3-6,8-11,18-19,22H,7,12-14H2,1-2H3/t18-,19-/m0/s1. The van der Waals surface area contributed by atoms with Crippen molar-refractivity contribution in [1.29, 1.82) is 0 Å². The number of benzene rings is 1. The van der Waals surface area contributed by atoms with Gasteiger partial charge in [0, 0.05) is 30.3 Å². The lowest BCUT2D eigenvalue weighted by Gasteiger charge is -2.40. The van der Waals surface area contributed by atoms with Gasteiger partial charge in [-0.2, -0.15) is 0 Å². The number of pyridine rings is 1. The summed E-state index contributed by atoms with van der Waals surface area (Å²) >= 11 is 0. The number of hydrogen-bond acceptors (Lipinski definition) is 5. The molecule has 0 saturated carbocycles. The van der Waals surface area contributed by atoms with Crippen molar-refractivity contribution in [3.63, 3.8) is 0 Å². The third-order valence-corrected chi connectivity index (χ3v) is 5.58. The number of likely N-dealkylation sites (tertiary alicyclic amines) is 1. The molecule has 2 atom stereocenters. The Labute approximate surface area is 165 Å². The number of carbonyl (C=O) groups is 1. The van der Waals surface area contributed by atoms with Gasteiger partial charge in [-0.3, -0.25) is 4.98 Å². The molecule has 0 bridgehead atoms. The van der Waals surface area contributed by atoms with Crippen molar-refractivity contribution in [2.24, 2.45) is 0 Å². The molecule has 0 spiro atoms. The highest BCUT2D eigenvalue weighted by molar-refractivity contribution is 7.88. The van der Waals surface area contributed by atoms with E-state index >= 15 is 0 Å². The highest BCUT2D eigenvalue weighted by Gasteiger charge is 2.36. The van der Waals surface area contributed by atoms with Gasteiger partial charge in [-0.25, -0.2) is 17.9 Å². The van der Waals surface area contributed by atoms with Crippen LogP contribution in [0.15, 0.2) is 48.5 Å². The van der Waals surface area contributed by atoms with E-state index < -0.39 is 16.1 Å². The van der Waals surface area contributed by atoms with Gasteiger partial charge in [-0.1, -0.05) is 36.4 Å².